The van der Waals surface area contributed by atoms with Crippen LogP contribution >= 0.6 is 0 Å². The van der Waals surface area contributed by atoms with Crippen LogP contribution in [0.25, 0.3) is 0 Å². The van der Waals surface area contributed by atoms with Crippen LogP contribution in [0.3, 0.4) is 0 Å². The minimum Gasteiger partial charge on any atom is -0.0819 e. The molecule has 24 heavy (non-hydrogen) atoms. The van der Waals surface area contributed by atoms with Crippen LogP contribution in [0.15, 0.2) is 30.3 Å². The lowest BCUT2D eigenvalue weighted by Gasteiger charge is -2.24. The Bertz CT molecular complexity index is 357. The molecule has 2 fully saturated rings. The van der Waals surface area contributed by atoms with E-state index in [4.69, 9.17) is 0 Å². The van der Waals surface area contributed by atoms with Crippen molar-refractivity contribution in [2.24, 2.45) is 17.8 Å². The van der Waals surface area contributed by atoms with E-state index in [0.717, 1.165) is 17.8 Å². The van der Waals surface area contributed by atoms with Crippen molar-refractivity contribution in [2.75, 3.05) is 0 Å². The van der Waals surface area contributed by atoms with Crippen LogP contribution in [0.2, 0.25) is 13.6 Å². The lowest BCUT2D eigenvalue weighted by molar-refractivity contribution is 0.277. The summed E-state index contributed by atoms with van der Waals surface area (Å²) in [7, 11) is 0. The highest BCUT2D eigenvalue weighted by atomic mass is 14.4. The number of benzene rings is 1. The van der Waals surface area contributed by atoms with Crippen LogP contribution in [-0.4, -0.2) is 6.71 Å². The summed E-state index contributed by atoms with van der Waals surface area (Å²) in [6, 6.07) is 10.5. The van der Waals surface area contributed by atoms with Crippen LogP contribution in [0.4, 0.5) is 0 Å². The summed E-state index contributed by atoms with van der Waals surface area (Å²) in [5.41, 5.74) is 1.41. The fourth-order valence-electron chi connectivity index (χ4n) is 4.03. The van der Waals surface area contributed by atoms with E-state index in [2.05, 4.69) is 44.8 Å². The van der Waals surface area contributed by atoms with Gasteiger partial charge in [0.2, 0.25) is 0 Å². The van der Waals surface area contributed by atoms with Gasteiger partial charge >= 0.3 is 0 Å². The van der Waals surface area contributed by atoms with Crippen molar-refractivity contribution >= 4 is 12.2 Å². The van der Waals surface area contributed by atoms with Crippen molar-refractivity contribution in [1.82, 2.24) is 0 Å². The number of fused-ring (bicyclic) bond motifs is 1. The van der Waals surface area contributed by atoms with Gasteiger partial charge in [0.1, 0.15) is 0 Å². The minimum atomic E-state index is 0.659. The Kier molecular flexibility index (Phi) is 14.2. The average molecular weight is 330 g/mol. The topological polar surface area (TPSA) is 0 Å². The Morgan fingerprint density at radius 1 is 0.833 bits per heavy atom. The molecule has 1 aromatic carbocycles. The van der Waals surface area contributed by atoms with Gasteiger partial charge in [-0.25, -0.2) is 0 Å². The van der Waals surface area contributed by atoms with Gasteiger partial charge in [0, 0.05) is 0 Å². The van der Waals surface area contributed by atoms with Crippen molar-refractivity contribution in [3.63, 3.8) is 0 Å². The second-order valence-electron chi connectivity index (χ2n) is 7.12. The zero-order valence-electron chi connectivity index (χ0n) is 17.6. The summed E-state index contributed by atoms with van der Waals surface area (Å²) in [6.07, 6.45) is 10.7. The second-order valence-corrected chi connectivity index (χ2v) is 7.12. The number of rotatable bonds is 2. The lowest BCUT2D eigenvalue weighted by atomic mass is 9.49. The van der Waals surface area contributed by atoms with Crippen molar-refractivity contribution in [1.29, 1.82) is 0 Å². The fourth-order valence-corrected chi connectivity index (χ4v) is 4.03. The average Bonchev–Trinajstić information content (AvgIpc) is 3.09. The highest BCUT2D eigenvalue weighted by molar-refractivity contribution is 6.70. The Morgan fingerprint density at radius 3 is 1.62 bits per heavy atom. The maximum atomic E-state index is 2.36. The molecule has 1 aromatic rings. The van der Waals surface area contributed by atoms with E-state index in [0.29, 0.717) is 6.71 Å². The van der Waals surface area contributed by atoms with Crippen molar-refractivity contribution in [3.05, 3.63) is 30.3 Å². The van der Waals surface area contributed by atoms with Gasteiger partial charge in [-0.2, -0.15) is 0 Å². The van der Waals surface area contributed by atoms with Gasteiger partial charge < -0.3 is 0 Å². The zero-order valence-corrected chi connectivity index (χ0v) is 17.6. The lowest BCUT2D eigenvalue weighted by Crippen LogP contribution is -2.21. The molecule has 0 nitrogen and oxygen atoms in total. The van der Waals surface area contributed by atoms with Crippen molar-refractivity contribution in [2.45, 2.75) is 93.2 Å². The molecule has 2 aliphatic rings. The molecule has 0 aromatic heterocycles. The van der Waals surface area contributed by atoms with Crippen LogP contribution in [0.5, 0.6) is 0 Å². The Hall–Kier alpha value is -0.715. The van der Waals surface area contributed by atoms with E-state index in [9.17, 15) is 0 Å². The fraction of sp³-hybridized carbons (Fsp3) is 0.739. The van der Waals surface area contributed by atoms with Gasteiger partial charge in [-0.1, -0.05) is 116 Å². The smallest absolute Gasteiger partial charge is 0.0819 e. The van der Waals surface area contributed by atoms with Gasteiger partial charge in [0.15, 0.2) is 6.71 Å². The van der Waals surface area contributed by atoms with Crippen LogP contribution in [-0.2, 0) is 0 Å². The number of hydrogen-bond donors (Lipinski definition) is 0. The van der Waals surface area contributed by atoms with Crippen molar-refractivity contribution < 1.29 is 0 Å². The minimum absolute atomic E-state index is 0.659. The van der Waals surface area contributed by atoms with Gasteiger partial charge in [0.05, 0.1) is 0 Å². The quantitative estimate of drug-likeness (QED) is 0.499. The standard InChI is InChI=1S/C11H20.C8H11B.2C2H6/c1-2-9-7-10-5-3-4-6-11(10)8-9;1-9(2)8-6-4-3-5-7-8;2*1-2/h9-11H,2-8H2,1H3;3-7H,1-2H3;2*1-2H3. The largest absolute Gasteiger partial charge is 0.169 e. The maximum absolute atomic E-state index is 2.36. The van der Waals surface area contributed by atoms with Gasteiger partial charge in [-0.15, -0.1) is 0 Å². The molecule has 0 saturated heterocycles. The van der Waals surface area contributed by atoms with Crippen LogP contribution in [0, 0.1) is 17.8 Å². The molecule has 0 bridgehead atoms. The van der Waals surface area contributed by atoms with Crippen LogP contribution < -0.4 is 5.46 Å². The van der Waals surface area contributed by atoms with E-state index in [1.807, 2.05) is 33.8 Å². The Balaban J connectivity index is 0.000000371. The molecule has 0 heterocycles. The molecular formula is C23H43B. The molecule has 1 heteroatoms. The SMILES string of the molecule is CB(C)c1ccccc1.CC.CC.CCC1CC2CCCCC2C1. The molecule has 0 amide bonds. The van der Waals surface area contributed by atoms with E-state index in [1.165, 1.54) is 24.7 Å². The predicted octanol–water partition coefficient (Wildman–Crippen LogP) is 7.31. The first-order valence-corrected chi connectivity index (χ1v) is 10.8. The van der Waals surface area contributed by atoms with Crippen LogP contribution in [0.1, 0.15) is 79.6 Å². The molecule has 0 spiro atoms. The third kappa shape index (κ3) is 8.40. The number of hydrogen-bond acceptors (Lipinski definition) is 0. The summed E-state index contributed by atoms with van der Waals surface area (Å²) in [5.74, 6) is 3.39. The maximum Gasteiger partial charge on any atom is 0.169 e. The molecule has 138 valence electrons. The monoisotopic (exact) mass is 330 g/mol. The molecule has 0 aliphatic heterocycles. The van der Waals surface area contributed by atoms with Gasteiger partial charge in [-0.3, -0.25) is 0 Å². The van der Waals surface area contributed by atoms with E-state index in [1.54, 1.807) is 25.7 Å². The van der Waals surface area contributed by atoms with Gasteiger partial charge in [-0.05, 0) is 30.6 Å². The molecule has 0 radical (unpaired) electrons. The third-order valence-electron chi connectivity index (χ3n) is 5.38. The van der Waals surface area contributed by atoms with E-state index in [-0.39, 0.29) is 0 Å². The Labute approximate surface area is 153 Å². The highest BCUT2D eigenvalue weighted by Gasteiger charge is 2.34. The highest BCUT2D eigenvalue weighted by Crippen LogP contribution is 2.45. The summed E-state index contributed by atoms with van der Waals surface area (Å²) < 4.78 is 0. The first-order valence-electron chi connectivity index (χ1n) is 10.8. The summed E-state index contributed by atoms with van der Waals surface area (Å²) in [4.78, 5) is 0. The van der Waals surface area contributed by atoms with E-state index >= 15 is 0 Å². The summed E-state index contributed by atoms with van der Waals surface area (Å²) in [6.45, 7) is 15.4. The summed E-state index contributed by atoms with van der Waals surface area (Å²) in [5, 5.41) is 0. The Morgan fingerprint density at radius 2 is 1.29 bits per heavy atom. The summed E-state index contributed by atoms with van der Waals surface area (Å²) >= 11 is 0. The molecule has 2 atom stereocenters. The molecule has 2 aliphatic carbocycles. The molecular weight excluding hydrogens is 287 g/mol. The molecule has 3 rings (SSSR count). The van der Waals surface area contributed by atoms with Crippen molar-refractivity contribution in [3.8, 4) is 0 Å². The first kappa shape index (κ1) is 23.3. The predicted molar refractivity (Wildman–Crippen MR) is 115 cm³/mol. The first-order chi connectivity index (χ1) is 11.7. The zero-order chi connectivity index (χ0) is 18.4. The molecule has 0 N–H and O–H groups in total. The normalized spacial score (nSPS) is 24.0. The van der Waals surface area contributed by atoms with E-state index < -0.39 is 0 Å². The third-order valence-corrected chi connectivity index (χ3v) is 5.38. The molecule has 2 saturated carbocycles. The second kappa shape index (κ2) is 14.6. The molecule has 2 unspecified atom stereocenters. The van der Waals surface area contributed by atoms with Gasteiger partial charge in [0.25, 0.3) is 0 Å².